The summed E-state index contributed by atoms with van der Waals surface area (Å²) in [4.78, 5) is 16.2. The number of halogens is 1. The third-order valence-electron chi connectivity index (χ3n) is 4.03. The van der Waals surface area contributed by atoms with E-state index < -0.39 is 0 Å². The standard InChI is InChI=1S/C22H30N4O3.HI/c1-4-23-21(27)16-29-19-12-11-18(13-20(19)28-3)15-26-22(24-5-2)25-14-17-9-7-6-8-10-17;/h6-13H,4-5,14-16H2,1-3H3,(H,23,27)(H2,24,25,26);1H. The van der Waals surface area contributed by atoms with Gasteiger partial charge in [-0.3, -0.25) is 4.79 Å². The molecule has 0 saturated carbocycles. The van der Waals surface area contributed by atoms with Gasteiger partial charge < -0.3 is 25.4 Å². The highest BCUT2D eigenvalue weighted by Crippen LogP contribution is 2.28. The van der Waals surface area contributed by atoms with E-state index in [1.807, 2.05) is 44.2 Å². The van der Waals surface area contributed by atoms with Gasteiger partial charge in [-0.15, -0.1) is 24.0 Å². The number of hydrogen-bond donors (Lipinski definition) is 3. The average Bonchev–Trinajstić information content (AvgIpc) is 2.75. The molecule has 8 heteroatoms. The van der Waals surface area contributed by atoms with Crippen LogP contribution >= 0.6 is 24.0 Å². The van der Waals surface area contributed by atoms with Crippen LogP contribution < -0.4 is 25.4 Å². The highest BCUT2D eigenvalue weighted by atomic mass is 127. The molecule has 0 aliphatic carbocycles. The number of nitrogens with zero attached hydrogens (tertiary/aromatic N) is 1. The van der Waals surface area contributed by atoms with Gasteiger partial charge in [0.25, 0.3) is 5.91 Å². The molecule has 0 spiro atoms. The van der Waals surface area contributed by atoms with E-state index >= 15 is 0 Å². The molecule has 2 rings (SSSR count). The first-order valence-corrected chi connectivity index (χ1v) is 9.78. The number of amides is 1. The fourth-order valence-corrected chi connectivity index (χ4v) is 2.61. The first-order chi connectivity index (χ1) is 14.2. The van der Waals surface area contributed by atoms with Gasteiger partial charge in [-0.2, -0.15) is 0 Å². The van der Waals surface area contributed by atoms with Gasteiger partial charge in [0.1, 0.15) is 0 Å². The smallest absolute Gasteiger partial charge is 0.257 e. The number of aliphatic imine (C=N–C) groups is 1. The molecule has 0 unspecified atom stereocenters. The zero-order chi connectivity index (χ0) is 20.9. The fourth-order valence-electron chi connectivity index (χ4n) is 2.61. The van der Waals surface area contributed by atoms with Crippen molar-refractivity contribution in [1.29, 1.82) is 0 Å². The van der Waals surface area contributed by atoms with E-state index in [1.165, 1.54) is 5.56 Å². The Kier molecular flexibility index (Phi) is 12.3. The third-order valence-corrected chi connectivity index (χ3v) is 4.03. The zero-order valence-corrected chi connectivity index (χ0v) is 20.1. The maximum atomic E-state index is 11.6. The van der Waals surface area contributed by atoms with Crippen LogP contribution in [0.4, 0.5) is 0 Å². The van der Waals surface area contributed by atoms with Crippen molar-refractivity contribution in [3.8, 4) is 11.5 Å². The Hall–Kier alpha value is -2.49. The zero-order valence-electron chi connectivity index (χ0n) is 17.7. The first-order valence-electron chi connectivity index (χ1n) is 9.78. The number of guanidine groups is 1. The van der Waals surface area contributed by atoms with Crippen LogP contribution in [0.5, 0.6) is 11.5 Å². The molecule has 2 aromatic carbocycles. The SMILES string of the molecule is CCNC(=O)COc1ccc(CN=C(NCC)NCc2ccccc2)cc1OC.I. The summed E-state index contributed by atoms with van der Waals surface area (Å²) in [6.07, 6.45) is 0. The minimum Gasteiger partial charge on any atom is -0.493 e. The van der Waals surface area contributed by atoms with E-state index in [2.05, 4.69) is 33.1 Å². The number of nitrogens with one attached hydrogen (secondary N) is 3. The maximum absolute atomic E-state index is 11.6. The van der Waals surface area contributed by atoms with Crippen LogP contribution in [0.1, 0.15) is 25.0 Å². The molecule has 1 amide bonds. The van der Waals surface area contributed by atoms with Crippen LogP contribution in [0.3, 0.4) is 0 Å². The highest BCUT2D eigenvalue weighted by Gasteiger charge is 2.08. The second-order valence-electron chi connectivity index (χ2n) is 6.26. The molecule has 30 heavy (non-hydrogen) atoms. The van der Waals surface area contributed by atoms with Crippen LogP contribution in [0.25, 0.3) is 0 Å². The Balaban J connectivity index is 0.00000450. The van der Waals surface area contributed by atoms with Crippen LogP contribution in [0, 0.1) is 0 Å². The molecule has 0 bridgehead atoms. The quantitative estimate of drug-likeness (QED) is 0.252. The lowest BCUT2D eigenvalue weighted by Gasteiger charge is -2.13. The van der Waals surface area contributed by atoms with Gasteiger partial charge in [0, 0.05) is 19.6 Å². The molecule has 0 saturated heterocycles. The summed E-state index contributed by atoms with van der Waals surface area (Å²) in [5, 5.41) is 9.27. The molecule has 3 N–H and O–H groups in total. The van der Waals surface area contributed by atoms with Crippen molar-refractivity contribution in [3.63, 3.8) is 0 Å². The Labute approximate surface area is 195 Å². The normalized spacial score (nSPS) is 10.6. The van der Waals surface area contributed by atoms with E-state index in [0.29, 0.717) is 31.1 Å². The van der Waals surface area contributed by atoms with Gasteiger partial charge in [-0.05, 0) is 37.1 Å². The highest BCUT2D eigenvalue weighted by molar-refractivity contribution is 14.0. The minimum absolute atomic E-state index is 0. The van der Waals surface area contributed by atoms with E-state index in [9.17, 15) is 4.79 Å². The molecule has 2 aromatic rings. The summed E-state index contributed by atoms with van der Waals surface area (Å²) in [7, 11) is 1.58. The number of rotatable bonds is 10. The lowest BCUT2D eigenvalue weighted by Crippen LogP contribution is -2.36. The van der Waals surface area contributed by atoms with Gasteiger partial charge in [0.05, 0.1) is 13.7 Å². The molecule has 7 nitrogen and oxygen atoms in total. The molecule has 0 aliphatic heterocycles. The van der Waals surface area contributed by atoms with Crippen LogP contribution in [-0.4, -0.2) is 38.7 Å². The van der Waals surface area contributed by atoms with Crippen molar-refractivity contribution in [2.75, 3.05) is 26.8 Å². The first kappa shape index (κ1) is 25.5. The second kappa shape index (κ2) is 14.5. The maximum Gasteiger partial charge on any atom is 0.257 e. The van der Waals surface area contributed by atoms with Crippen molar-refractivity contribution >= 4 is 35.8 Å². The molecule has 0 atom stereocenters. The minimum atomic E-state index is -0.164. The molecule has 0 fully saturated rings. The Morgan fingerprint density at radius 1 is 0.933 bits per heavy atom. The van der Waals surface area contributed by atoms with Gasteiger partial charge >= 0.3 is 0 Å². The molecule has 0 heterocycles. The number of ether oxygens (including phenoxy) is 2. The Morgan fingerprint density at radius 3 is 2.33 bits per heavy atom. The molecule has 0 aromatic heterocycles. The van der Waals surface area contributed by atoms with Gasteiger partial charge in [-0.1, -0.05) is 36.4 Å². The van der Waals surface area contributed by atoms with Gasteiger partial charge in [0.15, 0.2) is 24.1 Å². The van der Waals surface area contributed by atoms with Crippen molar-refractivity contribution < 1.29 is 14.3 Å². The van der Waals surface area contributed by atoms with E-state index in [4.69, 9.17) is 9.47 Å². The van der Waals surface area contributed by atoms with Crippen molar-refractivity contribution in [2.24, 2.45) is 4.99 Å². The lowest BCUT2D eigenvalue weighted by atomic mass is 10.2. The fraction of sp³-hybridized carbons (Fsp3) is 0.364. The number of carbonyl (C=O) groups is 1. The van der Waals surface area contributed by atoms with Crippen LogP contribution in [0.2, 0.25) is 0 Å². The molecular weight excluding hydrogens is 495 g/mol. The molecule has 0 radical (unpaired) electrons. The Bertz CT molecular complexity index is 800. The summed E-state index contributed by atoms with van der Waals surface area (Å²) in [6.45, 7) is 6.38. The van der Waals surface area contributed by atoms with E-state index in [0.717, 1.165) is 18.1 Å². The molecule has 0 aliphatic rings. The molecule has 164 valence electrons. The van der Waals surface area contributed by atoms with Gasteiger partial charge in [0.2, 0.25) is 0 Å². The lowest BCUT2D eigenvalue weighted by molar-refractivity contribution is -0.123. The van der Waals surface area contributed by atoms with Crippen molar-refractivity contribution in [2.45, 2.75) is 26.9 Å². The summed E-state index contributed by atoms with van der Waals surface area (Å²) < 4.78 is 11.0. The number of likely N-dealkylation sites (N-methyl/N-ethyl adjacent to an activating group) is 1. The monoisotopic (exact) mass is 526 g/mol. The third kappa shape index (κ3) is 8.89. The number of methoxy groups -OCH3 is 1. The van der Waals surface area contributed by atoms with E-state index in [1.54, 1.807) is 13.2 Å². The van der Waals surface area contributed by atoms with Crippen molar-refractivity contribution in [1.82, 2.24) is 16.0 Å². The Morgan fingerprint density at radius 2 is 1.67 bits per heavy atom. The van der Waals surface area contributed by atoms with Crippen LogP contribution in [0.15, 0.2) is 53.5 Å². The summed E-state index contributed by atoms with van der Waals surface area (Å²) in [5.41, 5.74) is 2.16. The van der Waals surface area contributed by atoms with E-state index in [-0.39, 0.29) is 36.5 Å². The topological polar surface area (TPSA) is 84.0 Å². The number of carbonyl (C=O) groups excluding carboxylic acids is 1. The summed E-state index contributed by atoms with van der Waals surface area (Å²) in [5.74, 6) is 1.68. The summed E-state index contributed by atoms with van der Waals surface area (Å²) in [6, 6.07) is 15.8. The predicted molar refractivity (Wildman–Crippen MR) is 131 cm³/mol. The molecular formula is C22H31IN4O3. The van der Waals surface area contributed by atoms with Crippen molar-refractivity contribution in [3.05, 3.63) is 59.7 Å². The largest absolute Gasteiger partial charge is 0.493 e. The summed E-state index contributed by atoms with van der Waals surface area (Å²) >= 11 is 0. The predicted octanol–water partition coefficient (Wildman–Crippen LogP) is 3.08. The van der Waals surface area contributed by atoms with Gasteiger partial charge in [-0.25, -0.2) is 4.99 Å². The number of hydrogen-bond acceptors (Lipinski definition) is 4. The second-order valence-corrected chi connectivity index (χ2v) is 6.26. The average molecular weight is 526 g/mol. The number of benzene rings is 2. The van der Waals surface area contributed by atoms with Crippen LogP contribution in [-0.2, 0) is 17.9 Å².